The van der Waals surface area contributed by atoms with Crippen LogP contribution in [0, 0.1) is 6.92 Å². The van der Waals surface area contributed by atoms with Crippen LogP contribution in [0.15, 0.2) is 0 Å². The molecule has 0 saturated heterocycles. The first-order valence-electron chi connectivity index (χ1n) is 5.28. The van der Waals surface area contributed by atoms with Gasteiger partial charge in [-0.15, -0.1) is 21.5 Å². The first-order chi connectivity index (χ1) is 6.76. The Hall–Kier alpha value is -0.480. The van der Waals surface area contributed by atoms with Gasteiger partial charge in [-0.25, -0.2) is 0 Å². The lowest BCUT2D eigenvalue weighted by molar-refractivity contribution is 0.493. The predicted molar refractivity (Wildman–Crippen MR) is 60.7 cm³/mol. The molecule has 1 heterocycles. The van der Waals surface area contributed by atoms with Gasteiger partial charge >= 0.3 is 0 Å². The highest BCUT2D eigenvalue weighted by Gasteiger charge is 2.09. The summed E-state index contributed by atoms with van der Waals surface area (Å²) in [6, 6.07) is 0.558. The summed E-state index contributed by atoms with van der Waals surface area (Å²) in [5.41, 5.74) is 0. The predicted octanol–water partition coefficient (Wildman–Crippen LogP) is 2.17. The van der Waals surface area contributed by atoms with Gasteiger partial charge < -0.3 is 5.32 Å². The Bertz CT molecular complexity index is 260. The van der Waals surface area contributed by atoms with Crippen molar-refractivity contribution in [3.8, 4) is 0 Å². The van der Waals surface area contributed by atoms with E-state index in [1.165, 1.54) is 6.42 Å². The molecule has 0 spiro atoms. The van der Waals surface area contributed by atoms with E-state index in [0.29, 0.717) is 6.04 Å². The second kappa shape index (κ2) is 6.09. The maximum absolute atomic E-state index is 4.14. The molecule has 0 saturated carbocycles. The molecule has 14 heavy (non-hydrogen) atoms. The van der Waals surface area contributed by atoms with Crippen LogP contribution in [0.3, 0.4) is 0 Å². The second-order valence-electron chi connectivity index (χ2n) is 3.48. The zero-order valence-electron chi connectivity index (χ0n) is 9.21. The maximum atomic E-state index is 4.14. The van der Waals surface area contributed by atoms with Crippen molar-refractivity contribution in [2.24, 2.45) is 0 Å². The van der Waals surface area contributed by atoms with E-state index < -0.39 is 0 Å². The Morgan fingerprint density at radius 1 is 1.36 bits per heavy atom. The Balaban J connectivity index is 2.40. The largest absolute Gasteiger partial charge is 0.314 e. The third-order valence-electron chi connectivity index (χ3n) is 2.16. The average molecular weight is 213 g/mol. The third kappa shape index (κ3) is 3.72. The van der Waals surface area contributed by atoms with Crippen molar-refractivity contribution < 1.29 is 0 Å². The lowest BCUT2D eigenvalue weighted by Gasteiger charge is -2.14. The van der Waals surface area contributed by atoms with Crippen LogP contribution in [0.5, 0.6) is 0 Å². The van der Waals surface area contributed by atoms with E-state index in [0.717, 1.165) is 29.4 Å². The van der Waals surface area contributed by atoms with E-state index >= 15 is 0 Å². The molecule has 0 aromatic carbocycles. The fourth-order valence-electron chi connectivity index (χ4n) is 1.34. The van der Waals surface area contributed by atoms with Crippen molar-refractivity contribution in [2.45, 2.75) is 46.1 Å². The molecule has 1 aromatic rings. The van der Waals surface area contributed by atoms with Crippen LogP contribution in [0.2, 0.25) is 0 Å². The summed E-state index contributed by atoms with van der Waals surface area (Å²) in [5.74, 6) is 0. The first-order valence-corrected chi connectivity index (χ1v) is 6.10. The number of nitrogens with one attached hydrogen (secondary N) is 1. The molecule has 1 N–H and O–H groups in total. The van der Waals surface area contributed by atoms with E-state index in [4.69, 9.17) is 0 Å². The Kier molecular flexibility index (Phi) is 5.04. The molecule has 1 atom stereocenters. The average Bonchev–Trinajstić information content (AvgIpc) is 2.58. The molecular weight excluding hydrogens is 194 g/mol. The van der Waals surface area contributed by atoms with Crippen LogP contribution < -0.4 is 5.32 Å². The van der Waals surface area contributed by atoms with E-state index in [1.807, 2.05) is 6.92 Å². The van der Waals surface area contributed by atoms with Crippen molar-refractivity contribution in [2.75, 3.05) is 6.54 Å². The molecule has 3 nitrogen and oxygen atoms in total. The minimum atomic E-state index is 0.558. The molecule has 1 aromatic heterocycles. The molecule has 0 aliphatic rings. The summed E-state index contributed by atoms with van der Waals surface area (Å²) in [5, 5.41) is 13.9. The third-order valence-corrected chi connectivity index (χ3v) is 3.03. The van der Waals surface area contributed by atoms with Crippen LogP contribution in [0.1, 0.15) is 36.7 Å². The first kappa shape index (κ1) is 11.6. The van der Waals surface area contributed by atoms with Gasteiger partial charge in [0.25, 0.3) is 0 Å². The molecule has 4 heteroatoms. The maximum Gasteiger partial charge on any atom is 0.118 e. The number of aromatic nitrogens is 2. The van der Waals surface area contributed by atoms with Crippen molar-refractivity contribution >= 4 is 11.3 Å². The number of nitrogens with zero attached hydrogens (tertiary/aromatic N) is 2. The molecule has 80 valence electrons. The molecule has 0 fully saturated rings. The van der Waals surface area contributed by atoms with Gasteiger partial charge in [-0.05, 0) is 26.3 Å². The highest BCUT2D eigenvalue weighted by atomic mass is 32.1. The van der Waals surface area contributed by atoms with Gasteiger partial charge in [-0.1, -0.05) is 13.8 Å². The van der Waals surface area contributed by atoms with Gasteiger partial charge in [0.05, 0.1) is 0 Å². The van der Waals surface area contributed by atoms with Crippen LogP contribution in [0.25, 0.3) is 0 Å². The lowest BCUT2D eigenvalue weighted by Crippen LogP contribution is -2.31. The Morgan fingerprint density at radius 3 is 2.64 bits per heavy atom. The normalized spacial score (nSPS) is 13.1. The van der Waals surface area contributed by atoms with Gasteiger partial charge in [0, 0.05) is 12.5 Å². The summed E-state index contributed by atoms with van der Waals surface area (Å²) >= 11 is 1.70. The standard InChI is InChI=1S/C10H19N3S/c1-4-6-11-9(5-2)7-10-13-12-8(3)14-10/h9,11H,4-7H2,1-3H3. The van der Waals surface area contributed by atoms with Crippen molar-refractivity contribution in [1.29, 1.82) is 0 Å². The van der Waals surface area contributed by atoms with Crippen LogP contribution in [0.4, 0.5) is 0 Å². The molecule has 0 radical (unpaired) electrons. The Labute approximate surface area is 89.9 Å². The van der Waals surface area contributed by atoms with E-state index in [2.05, 4.69) is 29.4 Å². The van der Waals surface area contributed by atoms with Crippen LogP contribution in [-0.4, -0.2) is 22.8 Å². The number of hydrogen-bond acceptors (Lipinski definition) is 4. The van der Waals surface area contributed by atoms with Gasteiger partial charge in [0.2, 0.25) is 0 Å². The minimum absolute atomic E-state index is 0.558. The second-order valence-corrected chi connectivity index (χ2v) is 4.74. The van der Waals surface area contributed by atoms with E-state index in [9.17, 15) is 0 Å². The summed E-state index contributed by atoms with van der Waals surface area (Å²) in [6.45, 7) is 7.49. The highest BCUT2D eigenvalue weighted by molar-refractivity contribution is 7.11. The zero-order chi connectivity index (χ0) is 10.4. The molecule has 0 aliphatic heterocycles. The van der Waals surface area contributed by atoms with E-state index in [1.54, 1.807) is 11.3 Å². The fraction of sp³-hybridized carbons (Fsp3) is 0.800. The van der Waals surface area contributed by atoms with Gasteiger partial charge in [-0.2, -0.15) is 0 Å². The fourth-order valence-corrected chi connectivity index (χ4v) is 2.13. The summed E-state index contributed by atoms with van der Waals surface area (Å²) in [6.07, 6.45) is 3.35. The number of rotatable bonds is 6. The topological polar surface area (TPSA) is 37.8 Å². The zero-order valence-corrected chi connectivity index (χ0v) is 10.0. The molecular formula is C10H19N3S. The monoisotopic (exact) mass is 213 g/mol. The SMILES string of the molecule is CCCNC(CC)Cc1nnc(C)s1. The van der Waals surface area contributed by atoms with Crippen LogP contribution in [-0.2, 0) is 6.42 Å². The summed E-state index contributed by atoms with van der Waals surface area (Å²) in [7, 11) is 0. The van der Waals surface area contributed by atoms with Gasteiger partial charge in [-0.3, -0.25) is 0 Å². The van der Waals surface area contributed by atoms with Gasteiger partial charge in [0.1, 0.15) is 10.0 Å². The minimum Gasteiger partial charge on any atom is -0.314 e. The van der Waals surface area contributed by atoms with E-state index in [-0.39, 0.29) is 0 Å². The van der Waals surface area contributed by atoms with Crippen molar-refractivity contribution in [1.82, 2.24) is 15.5 Å². The molecule has 1 unspecified atom stereocenters. The summed E-state index contributed by atoms with van der Waals surface area (Å²) in [4.78, 5) is 0. The highest BCUT2D eigenvalue weighted by Crippen LogP contribution is 2.11. The molecule has 1 rings (SSSR count). The van der Waals surface area contributed by atoms with Gasteiger partial charge in [0.15, 0.2) is 0 Å². The molecule has 0 amide bonds. The van der Waals surface area contributed by atoms with Crippen molar-refractivity contribution in [3.63, 3.8) is 0 Å². The van der Waals surface area contributed by atoms with Crippen molar-refractivity contribution in [3.05, 3.63) is 10.0 Å². The molecule has 0 aliphatic carbocycles. The lowest BCUT2D eigenvalue weighted by atomic mass is 10.1. The summed E-state index contributed by atoms with van der Waals surface area (Å²) < 4.78 is 0. The molecule has 0 bridgehead atoms. The quantitative estimate of drug-likeness (QED) is 0.787. The van der Waals surface area contributed by atoms with Crippen LogP contribution >= 0.6 is 11.3 Å². The Morgan fingerprint density at radius 2 is 2.14 bits per heavy atom. The number of aryl methyl sites for hydroxylation is 1. The number of hydrogen-bond donors (Lipinski definition) is 1. The smallest absolute Gasteiger partial charge is 0.118 e.